The molecule has 0 aliphatic rings. The van der Waals surface area contributed by atoms with E-state index >= 15 is 0 Å². The smallest absolute Gasteiger partial charge is 0.433 e. The SMILES string of the molecule is COc1ccc(-c2cc(C(F)(F)F)n3nc(C(=O)NCc4ccccc4)cc3n2)cc1. The molecule has 0 atom stereocenters. The number of carbonyl (C=O) groups excluding carboxylic acids is 1. The van der Waals surface area contributed by atoms with Crippen molar-refractivity contribution in [3.63, 3.8) is 0 Å². The molecule has 0 unspecified atom stereocenters. The molecule has 0 aliphatic carbocycles. The first-order chi connectivity index (χ1) is 14.8. The molecule has 0 radical (unpaired) electrons. The number of amides is 1. The van der Waals surface area contributed by atoms with Crippen LogP contribution in [0.1, 0.15) is 21.7 Å². The van der Waals surface area contributed by atoms with Crippen LogP contribution in [0, 0.1) is 0 Å². The highest BCUT2D eigenvalue weighted by atomic mass is 19.4. The standard InChI is InChI=1S/C22H17F3N4O2/c1-31-16-9-7-15(8-10-16)17-11-19(22(23,24)25)29-20(27-17)12-18(28-29)21(30)26-13-14-5-3-2-4-6-14/h2-12H,13H2,1H3,(H,26,30). The predicted octanol–water partition coefficient (Wildman–Crippen LogP) is 4.35. The normalized spacial score (nSPS) is 11.5. The number of hydrogen-bond donors (Lipinski definition) is 1. The molecule has 9 heteroatoms. The molecule has 0 bridgehead atoms. The Morgan fingerprint density at radius 1 is 1.06 bits per heavy atom. The summed E-state index contributed by atoms with van der Waals surface area (Å²) in [6.45, 7) is 0.226. The van der Waals surface area contributed by atoms with E-state index in [4.69, 9.17) is 4.74 Å². The van der Waals surface area contributed by atoms with Gasteiger partial charge in [-0.3, -0.25) is 4.79 Å². The molecule has 2 heterocycles. The maximum absolute atomic E-state index is 13.7. The van der Waals surface area contributed by atoms with Crippen molar-refractivity contribution in [1.29, 1.82) is 0 Å². The number of nitrogens with one attached hydrogen (secondary N) is 1. The van der Waals surface area contributed by atoms with Crippen LogP contribution >= 0.6 is 0 Å². The molecule has 31 heavy (non-hydrogen) atoms. The van der Waals surface area contributed by atoms with Gasteiger partial charge in [0.1, 0.15) is 5.75 Å². The van der Waals surface area contributed by atoms with E-state index in [-0.39, 0.29) is 23.6 Å². The number of hydrogen-bond acceptors (Lipinski definition) is 4. The van der Waals surface area contributed by atoms with Crippen LogP contribution in [0.3, 0.4) is 0 Å². The fourth-order valence-corrected chi connectivity index (χ4v) is 3.07. The number of methoxy groups -OCH3 is 1. The molecule has 1 N–H and O–H groups in total. The number of fused-ring (bicyclic) bond motifs is 1. The van der Waals surface area contributed by atoms with Crippen LogP contribution in [-0.4, -0.2) is 27.6 Å². The number of nitrogens with zero attached hydrogens (tertiary/aromatic N) is 3. The quantitative estimate of drug-likeness (QED) is 0.515. The van der Waals surface area contributed by atoms with Crippen molar-refractivity contribution < 1.29 is 22.7 Å². The Morgan fingerprint density at radius 3 is 2.42 bits per heavy atom. The zero-order valence-electron chi connectivity index (χ0n) is 16.3. The van der Waals surface area contributed by atoms with Gasteiger partial charge in [0.05, 0.1) is 12.8 Å². The molecule has 6 nitrogen and oxygen atoms in total. The van der Waals surface area contributed by atoms with Crippen LogP contribution in [0.25, 0.3) is 16.9 Å². The minimum absolute atomic E-state index is 0.0782. The summed E-state index contributed by atoms with van der Waals surface area (Å²) in [7, 11) is 1.50. The van der Waals surface area contributed by atoms with Crippen LogP contribution < -0.4 is 10.1 Å². The molecule has 0 saturated heterocycles. The van der Waals surface area contributed by atoms with E-state index in [2.05, 4.69) is 15.4 Å². The number of carbonyl (C=O) groups is 1. The predicted molar refractivity (Wildman–Crippen MR) is 108 cm³/mol. The number of ether oxygens (including phenoxy) is 1. The van der Waals surface area contributed by atoms with Gasteiger partial charge in [0.2, 0.25) is 0 Å². The number of alkyl halides is 3. The number of aromatic nitrogens is 3. The number of rotatable bonds is 5. The summed E-state index contributed by atoms with van der Waals surface area (Å²) in [6.07, 6.45) is -4.69. The van der Waals surface area contributed by atoms with E-state index in [0.29, 0.717) is 15.8 Å². The average Bonchev–Trinajstić information content (AvgIpc) is 3.21. The van der Waals surface area contributed by atoms with Gasteiger partial charge in [0.15, 0.2) is 17.0 Å². The van der Waals surface area contributed by atoms with E-state index in [0.717, 1.165) is 11.6 Å². The molecule has 0 fully saturated rings. The van der Waals surface area contributed by atoms with Crippen molar-refractivity contribution in [3.8, 4) is 17.0 Å². The maximum atomic E-state index is 13.7. The van der Waals surface area contributed by atoms with Gasteiger partial charge in [-0.2, -0.15) is 18.3 Å². The van der Waals surface area contributed by atoms with Gasteiger partial charge in [0, 0.05) is 18.2 Å². The van der Waals surface area contributed by atoms with Crippen molar-refractivity contribution >= 4 is 11.6 Å². The molecule has 0 saturated carbocycles. The average molecular weight is 426 g/mol. The Hall–Kier alpha value is -3.88. The number of benzene rings is 2. The van der Waals surface area contributed by atoms with E-state index in [1.54, 1.807) is 24.3 Å². The molecule has 158 valence electrons. The van der Waals surface area contributed by atoms with Gasteiger partial charge in [-0.15, -0.1) is 0 Å². The van der Waals surface area contributed by atoms with Crippen LogP contribution in [0.15, 0.2) is 66.7 Å². The first kappa shape index (κ1) is 20.4. The van der Waals surface area contributed by atoms with Gasteiger partial charge in [-0.25, -0.2) is 9.50 Å². The van der Waals surface area contributed by atoms with E-state index in [1.165, 1.54) is 13.2 Å². The van der Waals surface area contributed by atoms with E-state index in [1.807, 2.05) is 30.3 Å². The van der Waals surface area contributed by atoms with Crippen LogP contribution in [-0.2, 0) is 12.7 Å². The Kier molecular flexibility index (Phi) is 5.33. The van der Waals surface area contributed by atoms with Gasteiger partial charge in [0.25, 0.3) is 5.91 Å². The molecule has 2 aromatic heterocycles. The highest BCUT2D eigenvalue weighted by Crippen LogP contribution is 2.32. The van der Waals surface area contributed by atoms with Crippen LogP contribution in [0.5, 0.6) is 5.75 Å². The van der Waals surface area contributed by atoms with Gasteiger partial charge < -0.3 is 10.1 Å². The third kappa shape index (κ3) is 4.35. The lowest BCUT2D eigenvalue weighted by molar-refractivity contribution is -0.142. The van der Waals surface area contributed by atoms with Crippen molar-refractivity contribution in [2.75, 3.05) is 7.11 Å². The highest BCUT2D eigenvalue weighted by Gasteiger charge is 2.35. The highest BCUT2D eigenvalue weighted by molar-refractivity contribution is 5.93. The Bertz CT molecular complexity index is 1220. The van der Waals surface area contributed by atoms with Gasteiger partial charge in [-0.05, 0) is 35.9 Å². The van der Waals surface area contributed by atoms with Crippen molar-refractivity contribution in [3.05, 3.63) is 83.7 Å². The monoisotopic (exact) mass is 426 g/mol. The zero-order chi connectivity index (χ0) is 22.0. The summed E-state index contributed by atoms with van der Waals surface area (Å²) in [5.41, 5.74) is 0.191. The second-order valence-electron chi connectivity index (χ2n) is 6.72. The summed E-state index contributed by atoms with van der Waals surface area (Å²) in [5, 5.41) is 6.51. The first-order valence-corrected chi connectivity index (χ1v) is 9.30. The van der Waals surface area contributed by atoms with Crippen molar-refractivity contribution in [2.45, 2.75) is 12.7 Å². The third-order valence-corrected chi connectivity index (χ3v) is 4.63. The second-order valence-corrected chi connectivity index (χ2v) is 6.72. The summed E-state index contributed by atoms with van der Waals surface area (Å²) in [6, 6.07) is 17.8. The molecule has 4 rings (SSSR count). The largest absolute Gasteiger partial charge is 0.497 e. The summed E-state index contributed by atoms with van der Waals surface area (Å²) in [4.78, 5) is 16.7. The minimum atomic E-state index is -4.69. The summed E-state index contributed by atoms with van der Waals surface area (Å²) < 4.78 is 46.8. The molecule has 4 aromatic rings. The summed E-state index contributed by atoms with van der Waals surface area (Å²) in [5.74, 6) is -0.0175. The van der Waals surface area contributed by atoms with E-state index < -0.39 is 17.8 Å². The van der Waals surface area contributed by atoms with E-state index in [9.17, 15) is 18.0 Å². The van der Waals surface area contributed by atoms with Crippen molar-refractivity contribution in [1.82, 2.24) is 19.9 Å². The molecule has 0 aliphatic heterocycles. The molecule has 1 amide bonds. The number of halogens is 3. The minimum Gasteiger partial charge on any atom is -0.497 e. The Labute approximate surface area is 175 Å². The molecular weight excluding hydrogens is 409 g/mol. The Balaban J connectivity index is 1.70. The van der Waals surface area contributed by atoms with Crippen molar-refractivity contribution in [2.24, 2.45) is 0 Å². The lowest BCUT2D eigenvalue weighted by Crippen LogP contribution is -2.23. The van der Waals surface area contributed by atoms with Crippen LogP contribution in [0.2, 0.25) is 0 Å². The maximum Gasteiger partial charge on any atom is 0.433 e. The van der Waals surface area contributed by atoms with Gasteiger partial charge in [-0.1, -0.05) is 30.3 Å². The lowest BCUT2D eigenvalue weighted by Gasteiger charge is -2.11. The van der Waals surface area contributed by atoms with Gasteiger partial charge >= 0.3 is 6.18 Å². The fraction of sp³-hybridized carbons (Fsp3) is 0.136. The topological polar surface area (TPSA) is 68.5 Å². The fourth-order valence-electron chi connectivity index (χ4n) is 3.07. The Morgan fingerprint density at radius 2 is 1.77 bits per heavy atom. The summed E-state index contributed by atoms with van der Waals surface area (Å²) >= 11 is 0. The molecular formula is C22H17F3N4O2. The lowest BCUT2D eigenvalue weighted by atomic mass is 10.1. The molecule has 0 spiro atoms. The third-order valence-electron chi connectivity index (χ3n) is 4.63. The first-order valence-electron chi connectivity index (χ1n) is 9.30. The molecule has 2 aromatic carbocycles. The second kappa shape index (κ2) is 8.10. The van der Waals surface area contributed by atoms with Crippen LogP contribution in [0.4, 0.5) is 13.2 Å². The zero-order valence-corrected chi connectivity index (χ0v) is 16.3.